The van der Waals surface area contributed by atoms with Crippen LogP contribution in [0, 0.1) is 0 Å². The molecule has 2 amide bonds. The van der Waals surface area contributed by atoms with E-state index in [-0.39, 0.29) is 16.7 Å². The van der Waals surface area contributed by atoms with E-state index in [4.69, 9.17) is 0 Å². The Morgan fingerprint density at radius 2 is 1.67 bits per heavy atom. The van der Waals surface area contributed by atoms with Gasteiger partial charge in [-0.05, 0) is 69.2 Å². The second-order valence-corrected chi connectivity index (χ2v) is 10.1. The van der Waals surface area contributed by atoms with Gasteiger partial charge in [-0.25, -0.2) is 13.1 Å². The van der Waals surface area contributed by atoms with Gasteiger partial charge in [0.2, 0.25) is 15.9 Å². The Labute approximate surface area is 177 Å². The van der Waals surface area contributed by atoms with Gasteiger partial charge >= 0.3 is 0 Å². The van der Waals surface area contributed by atoms with Crippen molar-refractivity contribution in [1.29, 1.82) is 0 Å². The SMILES string of the molecule is CC(C)(C)NS(=O)(=O)c1ccc(C(=O)NCc2ccc(N3CCCC3=O)cc2)cc1. The lowest BCUT2D eigenvalue weighted by Gasteiger charge is -2.20. The van der Waals surface area contributed by atoms with Crippen LogP contribution in [0.3, 0.4) is 0 Å². The predicted molar refractivity (Wildman–Crippen MR) is 116 cm³/mol. The first-order chi connectivity index (χ1) is 14.0. The Bertz CT molecular complexity index is 1020. The minimum Gasteiger partial charge on any atom is -0.348 e. The summed E-state index contributed by atoms with van der Waals surface area (Å²) in [6.45, 7) is 6.37. The molecule has 1 aliphatic heterocycles. The Kier molecular flexibility index (Phi) is 6.28. The molecule has 1 aliphatic rings. The highest BCUT2D eigenvalue weighted by atomic mass is 32.2. The first-order valence-electron chi connectivity index (χ1n) is 9.87. The average molecular weight is 430 g/mol. The number of rotatable bonds is 6. The monoisotopic (exact) mass is 429 g/mol. The minimum absolute atomic E-state index is 0.112. The van der Waals surface area contributed by atoms with Crippen LogP contribution in [0.15, 0.2) is 53.4 Å². The lowest BCUT2D eigenvalue weighted by atomic mass is 10.1. The zero-order valence-electron chi connectivity index (χ0n) is 17.4. The van der Waals surface area contributed by atoms with E-state index < -0.39 is 15.6 Å². The van der Waals surface area contributed by atoms with Crippen molar-refractivity contribution in [3.05, 3.63) is 59.7 Å². The molecule has 0 spiro atoms. The van der Waals surface area contributed by atoms with Crippen LogP contribution in [-0.4, -0.2) is 32.3 Å². The Balaban J connectivity index is 1.59. The van der Waals surface area contributed by atoms with Gasteiger partial charge in [0.1, 0.15) is 0 Å². The van der Waals surface area contributed by atoms with E-state index in [9.17, 15) is 18.0 Å². The third-order valence-corrected chi connectivity index (χ3v) is 6.42. The maximum Gasteiger partial charge on any atom is 0.251 e. The molecule has 0 radical (unpaired) electrons. The summed E-state index contributed by atoms with van der Waals surface area (Å²) in [4.78, 5) is 26.1. The van der Waals surface area contributed by atoms with E-state index in [1.54, 1.807) is 25.7 Å². The van der Waals surface area contributed by atoms with E-state index in [1.165, 1.54) is 24.3 Å². The molecule has 30 heavy (non-hydrogen) atoms. The molecule has 2 aromatic rings. The highest BCUT2D eigenvalue weighted by Gasteiger charge is 2.23. The summed E-state index contributed by atoms with van der Waals surface area (Å²) in [6, 6.07) is 13.4. The molecule has 7 nitrogen and oxygen atoms in total. The van der Waals surface area contributed by atoms with Crippen LogP contribution in [0.4, 0.5) is 5.69 Å². The first-order valence-corrected chi connectivity index (χ1v) is 11.3. The van der Waals surface area contributed by atoms with Gasteiger partial charge in [-0.1, -0.05) is 12.1 Å². The summed E-state index contributed by atoms with van der Waals surface area (Å²) < 4.78 is 27.3. The maximum absolute atomic E-state index is 12.4. The van der Waals surface area contributed by atoms with Crippen molar-refractivity contribution in [2.24, 2.45) is 0 Å². The van der Waals surface area contributed by atoms with Crippen LogP contribution < -0.4 is 14.9 Å². The number of sulfonamides is 1. The van der Waals surface area contributed by atoms with Crippen molar-refractivity contribution in [2.45, 2.75) is 50.6 Å². The van der Waals surface area contributed by atoms with Crippen molar-refractivity contribution in [3.63, 3.8) is 0 Å². The van der Waals surface area contributed by atoms with Gasteiger partial charge in [-0.3, -0.25) is 9.59 Å². The molecular formula is C22H27N3O4S. The smallest absolute Gasteiger partial charge is 0.251 e. The van der Waals surface area contributed by atoms with Crippen molar-refractivity contribution >= 4 is 27.5 Å². The molecule has 1 heterocycles. The number of nitrogens with zero attached hydrogens (tertiary/aromatic N) is 1. The third-order valence-electron chi connectivity index (χ3n) is 4.64. The lowest BCUT2D eigenvalue weighted by Crippen LogP contribution is -2.40. The Hall–Kier alpha value is -2.71. The largest absolute Gasteiger partial charge is 0.348 e. The number of carbonyl (C=O) groups is 2. The number of hydrogen-bond donors (Lipinski definition) is 2. The van der Waals surface area contributed by atoms with Crippen LogP contribution in [0.1, 0.15) is 49.5 Å². The molecule has 0 aliphatic carbocycles. The van der Waals surface area contributed by atoms with E-state index >= 15 is 0 Å². The highest BCUT2D eigenvalue weighted by Crippen LogP contribution is 2.21. The fraction of sp³-hybridized carbons (Fsp3) is 0.364. The van der Waals surface area contributed by atoms with Crippen molar-refractivity contribution in [2.75, 3.05) is 11.4 Å². The standard InChI is InChI=1S/C22H27N3O4S/c1-22(2,3)24-30(28,29)19-12-8-17(9-13-19)21(27)23-15-16-6-10-18(11-7-16)25-14-4-5-20(25)26/h6-13,24H,4-5,14-15H2,1-3H3,(H,23,27). The van der Waals surface area contributed by atoms with Crippen molar-refractivity contribution in [1.82, 2.24) is 10.0 Å². The second kappa shape index (κ2) is 8.57. The van der Waals surface area contributed by atoms with Gasteiger partial charge in [0.15, 0.2) is 0 Å². The van der Waals surface area contributed by atoms with E-state index in [2.05, 4.69) is 10.0 Å². The number of hydrogen-bond acceptors (Lipinski definition) is 4. The van der Waals surface area contributed by atoms with Crippen molar-refractivity contribution in [3.8, 4) is 0 Å². The van der Waals surface area contributed by atoms with Gasteiger partial charge in [-0.15, -0.1) is 0 Å². The molecule has 8 heteroatoms. The maximum atomic E-state index is 12.4. The topological polar surface area (TPSA) is 95.6 Å². The number of benzene rings is 2. The zero-order chi connectivity index (χ0) is 21.9. The Morgan fingerprint density at radius 3 is 2.20 bits per heavy atom. The van der Waals surface area contributed by atoms with Gasteiger partial charge < -0.3 is 10.2 Å². The molecule has 0 saturated carbocycles. The van der Waals surface area contributed by atoms with E-state index in [0.29, 0.717) is 18.5 Å². The summed E-state index contributed by atoms with van der Waals surface area (Å²) in [5, 5.41) is 2.82. The molecule has 1 fully saturated rings. The molecule has 160 valence electrons. The van der Waals surface area contributed by atoms with Crippen LogP contribution in [-0.2, 0) is 21.4 Å². The van der Waals surface area contributed by atoms with Gasteiger partial charge in [-0.2, -0.15) is 0 Å². The summed E-state index contributed by atoms with van der Waals surface area (Å²) in [5.74, 6) is -0.152. The summed E-state index contributed by atoms with van der Waals surface area (Å²) in [6.07, 6.45) is 1.47. The number of anilines is 1. The number of nitrogens with one attached hydrogen (secondary N) is 2. The summed E-state index contributed by atoms with van der Waals surface area (Å²) in [5.41, 5.74) is 1.57. The van der Waals surface area contributed by atoms with E-state index in [1.807, 2.05) is 24.3 Å². The third kappa shape index (κ3) is 5.46. The Morgan fingerprint density at radius 1 is 1.03 bits per heavy atom. The van der Waals surface area contributed by atoms with Gasteiger partial charge in [0, 0.05) is 36.3 Å². The van der Waals surface area contributed by atoms with Crippen LogP contribution >= 0.6 is 0 Å². The summed E-state index contributed by atoms with van der Waals surface area (Å²) >= 11 is 0. The average Bonchev–Trinajstić information content (AvgIpc) is 3.11. The quantitative estimate of drug-likeness (QED) is 0.738. The fourth-order valence-corrected chi connectivity index (χ4v) is 4.67. The highest BCUT2D eigenvalue weighted by molar-refractivity contribution is 7.89. The first kappa shape index (κ1) is 22.0. The molecule has 2 aromatic carbocycles. The molecule has 0 atom stereocenters. The minimum atomic E-state index is -3.64. The molecule has 3 rings (SSSR count). The van der Waals surface area contributed by atoms with Gasteiger partial charge in [0.25, 0.3) is 5.91 Å². The fourth-order valence-electron chi connectivity index (χ4n) is 3.25. The van der Waals surface area contributed by atoms with Crippen LogP contribution in [0.25, 0.3) is 0 Å². The van der Waals surface area contributed by atoms with Crippen LogP contribution in [0.5, 0.6) is 0 Å². The molecule has 0 unspecified atom stereocenters. The zero-order valence-corrected chi connectivity index (χ0v) is 18.3. The number of amides is 2. The normalized spacial score (nSPS) is 14.8. The molecule has 0 aromatic heterocycles. The lowest BCUT2D eigenvalue weighted by molar-refractivity contribution is -0.117. The van der Waals surface area contributed by atoms with Crippen molar-refractivity contribution < 1.29 is 18.0 Å². The summed E-state index contributed by atoms with van der Waals surface area (Å²) in [7, 11) is -3.64. The second-order valence-electron chi connectivity index (χ2n) is 8.38. The molecule has 0 bridgehead atoms. The number of carbonyl (C=O) groups excluding carboxylic acids is 2. The predicted octanol–water partition coefficient (Wildman–Crippen LogP) is 2.82. The van der Waals surface area contributed by atoms with E-state index in [0.717, 1.165) is 24.2 Å². The molecular weight excluding hydrogens is 402 g/mol. The molecule has 2 N–H and O–H groups in total. The molecule has 1 saturated heterocycles. The van der Waals surface area contributed by atoms with Crippen LogP contribution in [0.2, 0.25) is 0 Å². The van der Waals surface area contributed by atoms with Gasteiger partial charge in [0.05, 0.1) is 4.90 Å².